The van der Waals surface area contributed by atoms with Gasteiger partial charge >= 0.3 is 0 Å². The molecule has 5 nitrogen and oxygen atoms in total. The molecule has 0 aliphatic carbocycles. The number of benzene rings is 2. The molecule has 6 heteroatoms. The molecule has 1 aromatic heterocycles. The molecule has 4 rings (SSSR count). The van der Waals surface area contributed by atoms with E-state index in [9.17, 15) is 9.90 Å². The van der Waals surface area contributed by atoms with Crippen LogP contribution in [0.2, 0.25) is 5.02 Å². The molecule has 30 heavy (non-hydrogen) atoms. The van der Waals surface area contributed by atoms with Crippen molar-refractivity contribution in [1.29, 1.82) is 0 Å². The van der Waals surface area contributed by atoms with Crippen LogP contribution in [0.15, 0.2) is 34.7 Å². The maximum absolute atomic E-state index is 13.3. The predicted molar refractivity (Wildman–Crippen MR) is 120 cm³/mol. The summed E-state index contributed by atoms with van der Waals surface area (Å²) in [6.45, 7) is 8.74. The Balaban J connectivity index is 1.74. The summed E-state index contributed by atoms with van der Waals surface area (Å²) >= 11 is 6.21. The molecule has 1 fully saturated rings. The quantitative estimate of drug-likeness (QED) is 0.575. The van der Waals surface area contributed by atoms with Crippen molar-refractivity contribution >= 4 is 34.2 Å². The highest BCUT2D eigenvalue weighted by molar-refractivity contribution is 6.31. The molecular formula is C24H28ClN2O3+. The highest BCUT2D eigenvalue weighted by atomic mass is 35.5. The average molecular weight is 428 g/mol. The molecule has 0 saturated carbocycles. The highest BCUT2D eigenvalue weighted by Crippen LogP contribution is 2.34. The number of aromatic hydroxyl groups is 1. The van der Waals surface area contributed by atoms with Crippen molar-refractivity contribution < 1.29 is 19.2 Å². The van der Waals surface area contributed by atoms with Crippen molar-refractivity contribution in [3.8, 4) is 5.75 Å². The molecule has 1 amide bonds. The summed E-state index contributed by atoms with van der Waals surface area (Å²) in [7, 11) is 0. The molecule has 0 bridgehead atoms. The highest BCUT2D eigenvalue weighted by Gasteiger charge is 2.27. The molecule has 2 atom stereocenters. The summed E-state index contributed by atoms with van der Waals surface area (Å²) in [6.07, 6.45) is 2.43. The Morgan fingerprint density at radius 1 is 1.30 bits per heavy atom. The summed E-state index contributed by atoms with van der Waals surface area (Å²) in [5.74, 6) is 1.15. The zero-order valence-corrected chi connectivity index (χ0v) is 18.4. The third-order valence-corrected chi connectivity index (χ3v) is 6.56. The smallest absolute Gasteiger partial charge is 0.259 e. The Morgan fingerprint density at radius 2 is 2.10 bits per heavy atom. The average Bonchev–Trinajstić information content (AvgIpc) is 3.04. The van der Waals surface area contributed by atoms with Gasteiger partial charge in [-0.3, -0.25) is 4.79 Å². The summed E-state index contributed by atoms with van der Waals surface area (Å²) in [5.41, 5.74) is 3.35. The standard InChI is InChI=1S/C24H27ClN2O3/c1-14-6-5-11-27(12-14)13-17-20(28)9-10-21-23(17)22(16(3)30-21)24(29)26-19-8-4-7-18(25)15(19)2/h4,7-10,14,28H,5-6,11-13H2,1-3H3,(H,26,29)/p+1/t14-/m1/s1. The Bertz CT molecular complexity index is 1110. The first kappa shape index (κ1) is 20.8. The van der Waals surface area contributed by atoms with Gasteiger partial charge in [-0.2, -0.15) is 0 Å². The number of aryl methyl sites for hydroxylation is 1. The number of furan rings is 1. The maximum Gasteiger partial charge on any atom is 0.259 e. The number of quaternary nitrogens is 1. The first-order valence-electron chi connectivity index (χ1n) is 10.5. The third-order valence-electron chi connectivity index (χ3n) is 6.15. The van der Waals surface area contributed by atoms with E-state index in [1.165, 1.54) is 17.7 Å². The summed E-state index contributed by atoms with van der Waals surface area (Å²) in [5, 5.41) is 15.0. The molecule has 3 N–H and O–H groups in total. The van der Waals surface area contributed by atoms with Crippen molar-refractivity contribution in [1.82, 2.24) is 0 Å². The molecular weight excluding hydrogens is 400 g/mol. The van der Waals surface area contributed by atoms with Crippen LogP contribution in [0, 0.1) is 19.8 Å². The Labute approximate surface area is 181 Å². The van der Waals surface area contributed by atoms with Crippen LogP contribution in [0.1, 0.15) is 47.0 Å². The minimum atomic E-state index is -0.259. The van der Waals surface area contributed by atoms with Gasteiger partial charge in [-0.15, -0.1) is 0 Å². The van der Waals surface area contributed by atoms with Crippen molar-refractivity contribution in [2.75, 3.05) is 18.4 Å². The van der Waals surface area contributed by atoms with Gasteiger partial charge in [0.25, 0.3) is 5.91 Å². The second-order valence-corrected chi connectivity index (χ2v) is 8.87. The molecule has 1 saturated heterocycles. The van der Waals surface area contributed by atoms with Crippen LogP contribution in [-0.2, 0) is 6.54 Å². The topological polar surface area (TPSA) is 66.9 Å². The van der Waals surface area contributed by atoms with Crippen molar-refractivity contribution in [2.24, 2.45) is 5.92 Å². The van der Waals surface area contributed by atoms with E-state index in [2.05, 4.69) is 12.2 Å². The van der Waals surface area contributed by atoms with Crippen LogP contribution in [0.3, 0.4) is 0 Å². The van der Waals surface area contributed by atoms with Gasteiger partial charge in [-0.1, -0.05) is 24.6 Å². The second-order valence-electron chi connectivity index (χ2n) is 8.46. The minimum absolute atomic E-state index is 0.210. The predicted octanol–water partition coefficient (Wildman–Crippen LogP) is 4.48. The van der Waals surface area contributed by atoms with E-state index in [1.54, 1.807) is 25.1 Å². The third kappa shape index (κ3) is 3.92. The lowest BCUT2D eigenvalue weighted by molar-refractivity contribution is -0.922. The Kier molecular flexibility index (Phi) is 5.76. The minimum Gasteiger partial charge on any atom is -0.507 e. The SMILES string of the molecule is Cc1oc2ccc(O)c(C[NH+]3CCC[C@@H](C)C3)c2c1C(=O)Nc1cccc(Cl)c1C. The molecule has 2 heterocycles. The lowest BCUT2D eigenvalue weighted by atomic mass is 9.98. The summed E-state index contributed by atoms with van der Waals surface area (Å²) in [6, 6.07) is 8.83. The molecule has 1 aliphatic heterocycles. The fourth-order valence-electron chi connectivity index (χ4n) is 4.55. The van der Waals surface area contributed by atoms with Gasteiger partial charge in [0.2, 0.25) is 0 Å². The number of fused-ring (bicyclic) bond motifs is 1. The number of nitrogens with one attached hydrogen (secondary N) is 2. The number of likely N-dealkylation sites (tertiary alicyclic amines) is 1. The Hall–Kier alpha value is -2.50. The molecule has 1 aliphatic rings. The van der Waals surface area contributed by atoms with Crippen LogP contribution in [0.25, 0.3) is 11.0 Å². The molecule has 0 radical (unpaired) electrons. The normalized spacial score (nSPS) is 19.2. The molecule has 3 aromatic rings. The first-order chi connectivity index (χ1) is 14.3. The van der Waals surface area contributed by atoms with Crippen molar-refractivity contribution in [3.05, 3.63) is 57.8 Å². The van der Waals surface area contributed by atoms with Gasteiger partial charge in [-0.05, 0) is 56.5 Å². The zero-order chi connectivity index (χ0) is 21.4. The van der Waals surface area contributed by atoms with E-state index in [0.29, 0.717) is 45.5 Å². The van der Waals surface area contributed by atoms with Crippen LogP contribution >= 0.6 is 11.6 Å². The van der Waals surface area contributed by atoms with Crippen LogP contribution in [-0.4, -0.2) is 24.1 Å². The number of anilines is 1. The number of phenols is 1. The number of halogens is 1. The molecule has 158 valence electrons. The number of hydrogen-bond donors (Lipinski definition) is 3. The number of piperidine rings is 1. The lowest BCUT2D eigenvalue weighted by Gasteiger charge is -2.28. The van der Waals surface area contributed by atoms with Crippen LogP contribution in [0.4, 0.5) is 5.69 Å². The van der Waals surface area contributed by atoms with Gasteiger partial charge in [0.05, 0.1) is 24.2 Å². The fourth-order valence-corrected chi connectivity index (χ4v) is 4.73. The second kappa shape index (κ2) is 8.32. The van der Waals surface area contributed by atoms with Gasteiger partial charge in [0.1, 0.15) is 23.6 Å². The largest absolute Gasteiger partial charge is 0.507 e. The number of carbonyl (C=O) groups is 1. The van der Waals surface area contributed by atoms with Crippen LogP contribution in [0.5, 0.6) is 5.75 Å². The number of rotatable bonds is 4. The van der Waals surface area contributed by atoms with E-state index in [-0.39, 0.29) is 11.7 Å². The van der Waals surface area contributed by atoms with Gasteiger partial charge in [0.15, 0.2) is 0 Å². The van der Waals surface area contributed by atoms with Crippen molar-refractivity contribution in [2.45, 2.75) is 40.2 Å². The van der Waals surface area contributed by atoms with E-state index in [0.717, 1.165) is 24.2 Å². The summed E-state index contributed by atoms with van der Waals surface area (Å²) < 4.78 is 5.91. The number of phenolic OH excluding ortho intramolecular Hbond substituents is 1. The van der Waals surface area contributed by atoms with E-state index < -0.39 is 0 Å². The van der Waals surface area contributed by atoms with E-state index >= 15 is 0 Å². The summed E-state index contributed by atoms with van der Waals surface area (Å²) in [4.78, 5) is 14.7. The number of amides is 1. The monoisotopic (exact) mass is 427 g/mol. The van der Waals surface area contributed by atoms with Gasteiger partial charge in [0, 0.05) is 22.0 Å². The number of hydrogen-bond acceptors (Lipinski definition) is 3. The lowest BCUT2D eigenvalue weighted by Crippen LogP contribution is -3.12. The fraction of sp³-hybridized carbons (Fsp3) is 0.375. The molecule has 1 unspecified atom stereocenters. The van der Waals surface area contributed by atoms with Gasteiger partial charge < -0.3 is 19.7 Å². The first-order valence-corrected chi connectivity index (χ1v) is 10.9. The van der Waals surface area contributed by atoms with Crippen LogP contribution < -0.4 is 10.2 Å². The number of carbonyl (C=O) groups excluding carboxylic acids is 1. The zero-order valence-electron chi connectivity index (χ0n) is 17.6. The van der Waals surface area contributed by atoms with Crippen molar-refractivity contribution in [3.63, 3.8) is 0 Å². The van der Waals surface area contributed by atoms with E-state index in [1.807, 2.05) is 19.1 Å². The van der Waals surface area contributed by atoms with E-state index in [4.69, 9.17) is 16.0 Å². The Morgan fingerprint density at radius 3 is 2.87 bits per heavy atom. The maximum atomic E-state index is 13.3. The molecule has 0 spiro atoms. The van der Waals surface area contributed by atoms with Gasteiger partial charge in [-0.25, -0.2) is 0 Å². The molecule has 2 aromatic carbocycles.